The van der Waals surface area contributed by atoms with Gasteiger partial charge >= 0.3 is 0 Å². The van der Waals surface area contributed by atoms with Crippen molar-refractivity contribution < 1.29 is 0 Å². The van der Waals surface area contributed by atoms with E-state index in [-0.39, 0.29) is 0 Å². The largest absolute Gasteiger partial charge is 0.327 e. The standard InChI is InChI=1S/C24H30N4/c1-17(19-3-2-4-19)27-12-11-24-26-22-10-9-21(15-23(22)28(24)14-13-27)20-7-5-18(16-25)6-8-20/h5-10,15,17,19H,2-4,11-14,16,25H2,1H3. The molecule has 0 radical (unpaired) electrons. The summed E-state index contributed by atoms with van der Waals surface area (Å²) < 4.78 is 2.46. The van der Waals surface area contributed by atoms with Crippen LogP contribution in [0.4, 0.5) is 0 Å². The Hall–Kier alpha value is -2.17. The van der Waals surface area contributed by atoms with Crippen LogP contribution in [0.15, 0.2) is 42.5 Å². The monoisotopic (exact) mass is 374 g/mol. The summed E-state index contributed by atoms with van der Waals surface area (Å²) in [6.45, 7) is 6.32. The Labute approximate surface area is 167 Å². The highest BCUT2D eigenvalue weighted by molar-refractivity contribution is 5.82. The van der Waals surface area contributed by atoms with Crippen LogP contribution in [0.25, 0.3) is 22.2 Å². The molecule has 1 saturated carbocycles. The molecular formula is C24H30N4. The maximum Gasteiger partial charge on any atom is 0.111 e. The zero-order valence-electron chi connectivity index (χ0n) is 16.8. The highest BCUT2D eigenvalue weighted by Gasteiger charge is 2.29. The molecule has 0 spiro atoms. The van der Waals surface area contributed by atoms with Crippen LogP contribution in [-0.2, 0) is 19.5 Å². The summed E-state index contributed by atoms with van der Waals surface area (Å²) in [5.41, 5.74) is 11.8. The molecule has 2 aromatic carbocycles. The molecule has 5 rings (SSSR count). The average Bonchev–Trinajstić information content (AvgIpc) is 2.89. The van der Waals surface area contributed by atoms with Crippen LogP contribution >= 0.6 is 0 Å². The third kappa shape index (κ3) is 3.15. The third-order valence-corrected chi connectivity index (χ3v) is 6.99. The van der Waals surface area contributed by atoms with Crippen LogP contribution < -0.4 is 5.73 Å². The van der Waals surface area contributed by atoms with Crippen molar-refractivity contribution in [2.45, 2.75) is 51.7 Å². The van der Waals surface area contributed by atoms with Gasteiger partial charge in [0.15, 0.2) is 0 Å². The van der Waals surface area contributed by atoms with Crippen LogP contribution in [0.3, 0.4) is 0 Å². The molecule has 1 aliphatic heterocycles. The summed E-state index contributed by atoms with van der Waals surface area (Å²) in [4.78, 5) is 7.66. The van der Waals surface area contributed by atoms with Crippen molar-refractivity contribution in [1.82, 2.24) is 14.5 Å². The summed E-state index contributed by atoms with van der Waals surface area (Å²) in [5, 5.41) is 0. The van der Waals surface area contributed by atoms with Gasteiger partial charge < -0.3 is 10.3 Å². The molecule has 1 aliphatic carbocycles. The highest BCUT2D eigenvalue weighted by Crippen LogP contribution is 2.33. The number of nitrogens with zero attached hydrogens (tertiary/aromatic N) is 3. The zero-order chi connectivity index (χ0) is 19.1. The molecule has 1 atom stereocenters. The lowest BCUT2D eigenvalue weighted by atomic mass is 9.80. The number of rotatable bonds is 4. The van der Waals surface area contributed by atoms with Gasteiger partial charge in [-0.15, -0.1) is 0 Å². The van der Waals surface area contributed by atoms with E-state index in [1.165, 1.54) is 47.3 Å². The van der Waals surface area contributed by atoms with Crippen molar-refractivity contribution in [3.8, 4) is 11.1 Å². The van der Waals surface area contributed by atoms with Crippen molar-refractivity contribution in [2.24, 2.45) is 11.7 Å². The lowest BCUT2D eigenvalue weighted by Gasteiger charge is -2.38. The molecule has 0 amide bonds. The second kappa shape index (κ2) is 7.34. The number of aromatic nitrogens is 2. The van der Waals surface area contributed by atoms with Crippen molar-refractivity contribution in [2.75, 3.05) is 13.1 Å². The number of fused-ring (bicyclic) bond motifs is 3. The minimum absolute atomic E-state index is 0.589. The number of imidazole rings is 1. The topological polar surface area (TPSA) is 47.1 Å². The first-order chi connectivity index (χ1) is 13.7. The molecule has 4 heteroatoms. The molecule has 4 nitrogen and oxygen atoms in total. The molecule has 2 aliphatic rings. The predicted molar refractivity (Wildman–Crippen MR) is 115 cm³/mol. The first kappa shape index (κ1) is 17.9. The molecule has 0 bridgehead atoms. The van der Waals surface area contributed by atoms with E-state index in [9.17, 15) is 0 Å². The summed E-state index contributed by atoms with van der Waals surface area (Å²) in [5.74, 6) is 2.15. The highest BCUT2D eigenvalue weighted by atomic mass is 15.2. The van der Waals surface area contributed by atoms with Gasteiger partial charge in [-0.2, -0.15) is 0 Å². The Morgan fingerprint density at radius 3 is 2.54 bits per heavy atom. The molecular weight excluding hydrogens is 344 g/mol. The van der Waals surface area contributed by atoms with Crippen LogP contribution in [0.5, 0.6) is 0 Å². The fraction of sp³-hybridized carbons (Fsp3) is 0.458. The lowest BCUT2D eigenvalue weighted by molar-refractivity contribution is 0.110. The third-order valence-electron chi connectivity index (χ3n) is 6.99. The molecule has 1 fully saturated rings. The number of hydrogen-bond acceptors (Lipinski definition) is 3. The van der Waals surface area contributed by atoms with E-state index in [0.29, 0.717) is 12.6 Å². The van der Waals surface area contributed by atoms with Crippen LogP contribution in [0.2, 0.25) is 0 Å². The molecule has 0 saturated heterocycles. The summed E-state index contributed by atoms with van der Waals surface area (Å²) in [6.07, 6.45) is 5.30. The van der Waals surface area contributed by atoms with E-state index < -0.39 is 0 Å². The first-order valence-electron chi connectivity index (χ1n) is 10.8. The Morgan fingerprint density at radius 2 is 1.82 bits per heavy atom. The first-order valence-corrected chi connectivity index (χ1v) is 10.8. The van der Waals surface area contributed by atoms with Gasteiger partial charge in [0.1, 0.15) is 5.82 Å². The summed E-state index contributed by atoms with van der Waals surface area (Å²) >= 11 is 0. The molecule has 1 unspecified atom stereocenters. The van der Waals surface area contributed by atoms with Gasteiger partial charge in [0.2, 0.25) is 0 Å². The number of benzene rings is 2. The maximum atomic E-state index is 5.74. The minimum atomic E-state index is 0.589. The molecule has 2 heterocycles. The van der Waals surface area contributed by atoms with E-state index in [1.807, 2.05) is 0 Å². The molecule has 146 valence electrons. The maximum absolute atomic E-state index is 5.74. The summed E-state index contributed by atoms with van der Waals surface area (Å²) in [6, 6.07) is 16.0. The Balaban J connectivity index is 1.43. The van der Waals surface area contributed by atoms with Crippen LogP contribution in [0.1, 0.15) is 37.6 Å². The van der Waals surface area contributed by atoms with Crippen LogP contribution in [-0.4, -0.2) is 33.6 Å². The molecule has 2 N–H and O–H groups in total. The van der Waals surface area contributed by atoms with E-state index in [0.717, 1.165) is 37.5 Å². The fourth-order valence-electron chi connectivity index (χ4n) is 4.84. The van der Waals surface area contributed by atoms with Gasteiger partial charge in [-0.3, -0.25) is 4.90 Å². The number of nitrogens with two attached hydrogens (primary N) is 1. The zero-order valence-corrected chi connectivity index (χ0v) is 16.8. The van der Waals surface area contributed by atoms with Crippen LogP contribution in [0, 0.1) is 5.92 Å². The van der Waals surface area contributed by atoms with E-state index >= 15 is 0 Å². The van der Waals surface area contributed by atoms with Gasteiger partial charge in [0, 0.05) is 38.6 Å². The Bertz CT molecular complexity index is 968. The van der Waals surface area contributed by atoms with E-state index in [2.05, 4.69) is 58.9 Å². The second-order valence-electron chi connectivity index (χ2n) is 8.50. The second-order valence-corrected chi connectivity index (χ2v) is 8.50. The molecule has 3 aromatic rings. The number of hydrogen-bond donors (Lipinski definition) is 1. The van der Waals surface area contributed by atoms with Gasteiger partial charge in [-0.25, -0.2) is 4.98 Å². The van der Waals surface area contributed by atoms with Crippen molar-refractivity contribution in [1.29, 1.82) is 0 Å². The minimum Gasteiger partial charge on any atom is -0.327 e. The van der Waals surface area contributed by atoms with Crippen molar-refractivity contribution >= 4 is 11.0 Å². The average molecular weight is 375 g/mol. The molecule has 28 heavy (non-hydrogen) atoms. The normalized spacial score (nSPS) is 19.2. The smallest absolute Gasteiger partial charge is 0.111 e. The fourth-order valence-corrected chi connectivity index (χ4v) is 4.84. The SMILES string of the molecule is CC(C1CCC1)N1CCc2nc3ccc(-c4ccc(CN)cc4)cc3n2CC1. The van der Waals surface area contributed by atoms with E-state index in [1.54, 1.807) is 0 Å². The Morgan fingerprint density at radius 1 is 1.04 bits per heavy atom. The van der Waals surface area contributed by atoms with Crippen molar-refractivity contribution in [3.63, 3.8) is 0 Å². The lowest BCUT2D eigenvalue weighted by Crippen LogP contribution is -2.42. The Kier molecular flexibility index (Phi) is 4.69. The predicted octanol–water partition coefficient (Wildman–Crippen LogP) is 4.21. The van der Waals surface area contributed by atoms with Crippen molar-refractivity contribution in [3.05, 3.63) is 53.9 Å². The quantitative estimate of drug-likeness (QED) is 0.744. The summed E-state index contributed by atoms with van der Waals surface area (Å²) in [7, 11) is 0. The van der Waals surface area contributed by atoms with Gasteiger partial charge in [0.05, 0.1) is 11.0 Å². The van der Waals surface area contributed by atoms with Gasteiger partial charge in [0.25, 0.3) is 0 Å². The van der Waals surface area contributed by atoms with Gasteiger partial charge in [-0.05, 0) is 54.5 Å². The molecule has 1 aromatic heterocycles. The van der Waals surface area contributed by atoms with Gasteiger partial charge in [-0.1, -0.05) is 36.8 Å². The van der Waals surface area contributed by atoms with E-state index in [4.69, 9.17) is 10.7 Å².